The van der Waals surface area contributed by atoms with E-state index in [1.165, 1.54) is 6.07 Å². The molecule has 2 aromatic rings. The van der Waals surface area contributed by atoms with Gasteiger partial charge >= 0.3 is 0 Å². The van der Waals surface area contributed by atoms with Gasteiger partial charge in [-0.1, -0.05) is 17.7 Å². The van der Waals surface area contributed by atoms with Crippen LogP contribution in [0.4, 0.5) is 0 Å². The van der Waals surface area contributed by atoms with Crippen molar-refractivity contribution in [2.45, 2.75) is 13.8 Å². The molecule has 4 nitrogen and oxygen atoms in total. The quantitative estimate of drug-likeness (QED) is 0.790. The highest BCUT2D eigenvalue weighted by Crippen LogP contribution is 2.19. The van der Waals surface area contributed by atoms with E-state index in [4.69, 9.17) is 16.9 Å². The maximum atomic E-state index is 11.5. The molecule has 0 saturated carbocycles. The zero-order valence-corrected chi connectivity index (χ0v) is 10.7. The Labute approximate surface area is 109 Å². The maximum absolute atomic E-state index is 11.5. The second-order valence-corrected chi connectivity index (χ2v) is 4.39. The van der Waals surface area contributed by atoms with Crippen LogP contribution >= 0.6 is 11.6 Å². The molecule has 1 aromatic heterocycles. The van der Waals surface area contributed by atoms with E-state index >= 15 is 0 Å². The van der Waals surface area contributed by atoms with Gasteiger partial charge in [0.1, 0.15) is 6.07 Å². The van der Waals surface area contributed by atoms with E-state index in [1.54, 1.807) is 29.8 Å². The van der Waals surface area contributed by atoms with Crippen molar-refractivity contribution in [1.82, 2.24) is 9.78 Å². The Hall–Kier alpha value is -2.12. The average Bonchev–Trinajstić information content (AvgIpc) is 2.33. The molecule has 0 aliphatic carbocycles. The molecule has 1 heterocycles. The van der Waals surface area contributed by atoms with Gasteiger partial charge in [-0.2, -0.15) is 10.4 Å². The molecule has 0 aliphatic heterocycles. The summed E-state index contributed by atoms with van der Waals surface area (Å²) in [6.07, 6.45) is 0. The van der Waals surface area contributed by atoms with Crippen LogP contribution in [0.3, 0.4) is 0 Å². The minimum atomic E-state index is -0.370. The number of rotatable bonds is 1. The fourth-order valence-electron chi connectivity index (χ4n) is 1.68. The van der Waals surface area contributed by atoms with Gasteiger partial charge in [0.2, 0.25) is 11.1 Å². The molecule has 90 valence electrons. The smallest absolute Gasteiger partial charge is 0.218 e. The molecule has 5 heteroatoms. The summed E-state index contributed by atoms with van der Waals surface area (Å²) in [5.74, 6) is 0. The minimum absolute atomic E-state index is 0.125. The molecule has 0 radical (unpaired) electrons. The van der Waals surface area contributed by atoms with Crippen molar-refractivity contribution >= 4 is 11.6 Å². The van der Waals surface area contributed by atoms with Crippen LogP contribution in [0.5, 0.6) is 0 Å². The highest BCUT2D eigenvalue weighted by molar-refractivity contribution is 6.30. The van der Waals surface area contributed by atoms with Gasteiger partial charge in [0.25, 0.3) is 0 Å². The zero-order chi connectivity index (χ0) is 13.3. The van der Waals surface area contributed by atoms with Gasteiger partial charge in [0.05, 0.1) is 5.69 Å². The fourth-order valence-corrected chi connectivity index (χ4v) is 1.85. The molecule has 0 aliphatic rings. The van der Waals surface area contributed by atoms with Gasteiger partial charge in [0.15, 0.2) is 0 Å². The molecule has 0 N–H and O–H groups in total. The number of aromatic nitrogens is 2. The molecule has 1 aromatic carbocycles. The van der Waals surface area contributed by atoms with E-state index in [2.05, 4.69) is 5.10 Å². The van der Waals surface area contributed by atoms with E-state index in [1.807, 2.05) is 13.0 Å². The molecule has 0 atom stereocenters. The second kappa shape index (κ2) is 4.63. The highest BCUT2D eigenvalue weighted by Gasteiger charge is 2.09. The van der Waals surface area contributed by atoms with Gasteiger partial charge in [0, 0.05) is 16.8 Å². The van der Waals surface area contributed by atoms with Crippen molar-refractivity contribution in [3.05, 3.63) is 56.5 Å². The van der Waals surface area contributed by atoms with Crippen molar-refractivity contribution in [3.8, 4) is 11.8 Å². The lowest BCUT2D eigenvalue weighted by Crippen LogP contribution is -2.17. The van der Waals surface area contributed by atoms with E-state index in [0.717, 1.165) is 11.3 Å². The standard InChI is InChI=1S/C13H10ClN3O/c1-8-3-4-10(14)6-12(8)17-9(2)5-13(18)11(7-15)16-17/h3-6H,1-2H3. The lowest BCUT2D eigenvalue weighted by molar-refractivity contribution is 0.785. The van der Waals surface area contributed by atoms with Crippen LogP contribution < -0.4 is 5.43 Å². The topological polar surface area (TPSA) is 58.7 Å². The summed E-state index contributed by atoms with van der Waals surface area (Å²) in [5, 5.41) is 13.5. The third-order valence-corrected chi connectivity index (χ3v) is 2.85. The summed E-state index contributed by atoms with van der Waals surface area (Å²) < 4.78 is 1.56. The Balaban J connectivity index is 2.75. The molecule has 0 amide bonds. The Morgan fingerprint density at radius 2 is 2.06 bits per heavy atom. The summed E-state index contributed by atoms with van der Waals surface area (Å²) in [7, 11) is 0. The normalized spacial score (nSPS) is 10.1. The lowest BCUT2D eigenvalue weighted by atomic mass is 10.2. The number of halogens is 1. The number of nitriles is 1. The van der Waals surface area contributed by atoms with E-state index in [9.17, 15) is 4.79 Å². The fraction of sp³-hybridized carbons (Fsp3) is 0.154. The van der Waals surface area contributed by atoms with Crippen LogP contribution in [-0.4, -0.2) is 9.78 Å². The predicted molar refractivity (Wildman–Crippen MR) is 69.0 cm³/mol. The number of benzene rings is 1. The molecule has 0 bridgehead atoms. The summed E-state index contributed by atoms with van der Waals surface area (Å²) in [4.78, 5) is 11.5. The third kappa shape index (κ3) is 2.13. The van der Waals surface area contributed by atoms with Gasteiger partial charge < -0.3 is 0 Å². The molecule has 0 spiro atoms. The number of hydrogen-bond acceptors (Lipinski definition) is 3. The Morgan fingerprint density at radius 1 is 1.33 bits per heavy atom. The molecular formula is C13H10ClN3O. The van der Waals surface area contributed by atoms with E-state index in [0.29, 0.717) is 10.7 Å². The summed E-state index contributed by atoms with van der Waals surface area (Å²) in [6.45, 7) is 3.67. The Bertz CT molecular complexity index is 713. The maximum Gasteiger partial charge on any atom is 0.218 e. The van der Waals surface area contributed by atoms with Gasteiger partial charge in [-0.15, -0.1) is 0 Å². The van der Waals surface area contributed by atoms with Crippen LogP contribution in [-0.2, 0) is 0 Å². The third-order valence-electron chi connectivity index (χ3n) is 2.61. The SMILES string of the molecule is Cc1ccc(Cl)cc1-n1nc(C#N)c(=O)cc1C. The number of nitrogens with zero attached hydrogens (tertiary/aromatic N) is 3. The molecule has 0 saturated heterocycles. The van der Waals surface area contributed by atoms with Crippen LogP contribution in [0, 0.1) is 25.2 Å². The van der Waals surface area contributed by atoms with Crippen LogP contribution in [0.15, 0.2) is 29.1 Å². The van der Waals surface area contributed by atoms with Crippen LogP contribution in [0.25, 0.3) is 5.69 Å². The van der Waals surface area contributed by atoms with Crippen molar-refractivity contribution in [2.75, 3.05) is 0 Å². The first kappa shape index (κ1) is 12.3. The summed E-state index contributed by atoms with van der Waals surface area (Å²) >= 11 is 5.96. The monoisotopic (exact) mass is 259 g/mol. The van der Waals surface area contributed by atoms with Crippen LogP contribution in [0.2, 0.25) is 5.02 Å². The van der Waals surface area contributed by atoms with Crippen LogP contribution in [0.1, 0.15) is 17.0 Å². The Morgan fingerprint density at radius 3 is 2.72 bits per heavy atom. The van der Waals surface area contributed by atoms with Crippen molar-refractivity contribution < 1.29 is 0 Å². The highest BCUT2D eigenvalue weighted by atomic mass is 35.5. The van der Waals surface area contributed by atoms with E-state index < -0.39 is 0 Å². The van der Waals surface area contributed by atoms with Gasteiger partial charge in [-0.05, 0) is 31.5 Å². The first-order chi connectivity index (χ1) is 8.52. The second-order valence-electron chi connectivity index (χ2n) is 3.95. The number of hydrogen-bond donors (Lipinski definition) is 0. The van der Waals surface area contributed by atoms with Crippen molar-refractivity contribution in [2.24, 2.45) is 0 Å². The lowest BCUT2D eigenvalue weighted by Gasteiger charge is -2.12. The van der Waals surface area contributed by atoms with Gasteiger partial charge in [-0.3, -0.25) is 4.79 Å². The van der Waals surface area contributed by atoms with Crippen molar-refractivity contribution in [1.29, 1.82) is 5.26 Å². The minimum Gasteiger partial charge on any atom is -0.287 e. The first-order valence-electron chi connectivity index (χ1n) is 5.30. The largest absolute Gasteiger partial charge is 0.287 e. The molecule has 0 fully saturated rings. The summed E-state index contributed by atoms with van der Waals surface area (Å²) in [6, 6.07) is 8.58. The van der Waals surface area contributed by atoms with Gasteiger partial charge in [-0.25, -0.2) is 4.68 Å². The summed E-state index contributed by atoms with van der Waals surface area (Å²) in [5.41, 5.74) is 1.88. The van der Waals surface area contributed by atoms with Crippen molar-refractivity contribution in [3.63, 3.8) is 0 Å². The Kier molecular flexibility index (Phi) is 3.17. The number of aryl methyl sites for hydroxylation is 2. The first-order valence-corrected chi connectivity index (χ1v) is 5.68. The molecule has 0 unspecified atom stereocenters. The molecular weight excluding hydrogens is 250 g/mol. The zero-order valence-electron chi connectivity index (χ0n) is 9.94. The molecule has 2 rings (SSSR count). The molecule has 18 heavy (non-hydrogen) atoms. The predicted octanol–water partition coefficient (Wildman–Crippen LogP) is 2.37. The van der Waals surface area contributed by atoms with E-state index in [-0.39, 0.29) is 11.1 Å². The average molecular weight is 260 g/mol.